The summed E-state index contributed by atoms with van der Waals surface area (Å²) in [5, 5.41) is 87.0. The summed E-state index contributed by atoms with van der Waals surface area (Å²) in [5.41, 5.74) is 19.7. The maximum Gasteiger partial charge on any atom is 0.394 e. The Labute approximate surface area is 311 Å². The first-order chi connectivity index (χ1) is 24.7. The second-order valence-electron chi connectivity index (χ2n) is 11.4. The minimum Gasteiger partial charge on any atom is -0.394 e. The molecule has 3 fully saturated rings. The largest absolute Gasteiger partial charge is 0.394 e. The quantitative estimate of drug-likeness (QED) is 0.0581. The van der Waals surface area contributed by atoms with Crippen molar-refractivity contribution in [1.82, 2.24) is 5.32 Å². The molecule has 31 nitrogen and oxygen atoms in total. The van der Waals surface area contributed by atoms with Gasteiger partial charge >= 0.3 is 31.2 Å². The standard InChI is InChI=1S/C21H41N7O12.3H2O4S/c1-5-21(36,4-30)16(40-17-9(26-2)13(34)10(31)6(3-29)38-17)18(37-5)39-15-8(28-20(24)25)11(32)7(27-19(22)23)12(33)14(15)35;3*1-5(2,3)4/h5-18,26,29-36H,3-4H2,1-2H3,(H4,22,23,27)(H4,24,25,28);3*(H2,1,2,3,4)/t5-,6-,7-,8+,9-,10-,11-,12+,13-,14-,15-,16-,17-,18-,21+;;;/m0.../s1. The summed E-state index contributed by atoms with van der Waals surface area (Å²) in [4.78, 5) is 7.66. The monoisotopic (exact) mass is 877 g/mol. The lowest BCUT2D eigenvalue weighted by Gasteiger charge is -2.45. The Hall–Kier alpha value is -2.37. The lowest BCUT2D eigenvalue weighted by Crippen LogP contribution is -2.66. The van der Waals surface area contributed by atoms with Crippen molar-refractivity contribution in [1.29, 1.82) is 0 Å². The molecule has 2 aliphatic heterocycles. The van der Waals surface area contributed by atoms with Crippen LogP contribution in [0.4, 0.5) is 0 Å². The molecule has 0 amide bonds. The van der Waals surface area contributed by atoms with Crippen LogP contribution in [0.5, 0.6) is 0 Å². The topological polar surface area (TPSA) is 563 Å². The molecular formula is C21H47N7O24S3. The first-order valence-corrected chi connectivity index (χ1v) is 18.8. The number of rotatable bonds is 9. The Morgan fingerprint density at radius 1 is 0.691 bits per heavy atom. The number of nitrogens with one attached hydrogen (secondary N) is 1. The molecule has 23 N–H and O–H groups in total. The summed E-state index contributed by atoms with van der Waals surface area (Å²) in [6, 6.07) is -4.00. The molecule has 2 saturated heterocycles. The zero-order valence-electron chi connectivity index (χ0n) is 28.3. The van der Waals surface area contributed by atoms with Gasteiger partial charge in [0.25, 0.3) is 0 Å². The van der Waals surface area contributed by atoms with E-state index >= 15 is 0 Å². The van der Waals surface area contributed by atoms with E-state index in [2.05, 4.69) is 15.3 Å². The third kappa shape index (κ3) is 17.8. The highest BCUT2D eigenvalue weighted by Gasteiger charge is 2.60. The second kappa shape index (κ2) is 21.4. The number of aliphatic imine (C=N–C) groups is 2. The molecule has 0 aromatic carbocycles. The first kappa shape index (κ1) is 52.6. The third-order valence-electron chi connectivity index (χ3n) is 7.49. The molecule has 328 valence electrons. The highest BCUT2D eigenvalue weighted by atomic mass is 32.3. The fraction of sp³-hybridized carbons (Fsp3) is 0.905. The fourth-order valence-electron chi connectivity index (χ4n) is 5.17. The van der Waals surface area contributed by atoms with Crippen molar-refractivity contribution in [3.63, 3.8) is 0 Å². The maximum absolute atomic E-state index is 11.3. The highest BCUT2D eigenvalue weighted by Crippen LogP contribution is 2.39. The summed E-state index contributed by atoms with van der Waals surface area (Å²) in [6.07, 6.45) is -16.9. The van der Waals surface area contributed by atoms with Gasteiger partial charge < -0.3 is 88.1 Å². The summed E-state index contributed by atoms with van der Waals surface area (Å²) in [6.45, 7) is -0.199. The van der Waals surface area contributed by atoms with Gasteiger partial charge in [-0.25, -0.2) is 9.98 Å². The van der Waals surface area contributed by atoms with Crippen molar-refractivity contribution >= 4 is 43.1 Å². The Balaban J connectivity index is 0.00000164. The normalized spacial score (nSPS) is 37.7. The van der Waals surface area contributed by atoms with Crippen LogP contribution in [0.1, 0.15) is 6.92 Å². The lowest BCUT2D eigenvalue weighted by atomic mass is 9.81. The number of aliphatic hydroxyl groups is 8. The Morgan fingerprint density at radius 2 is 1.13 bits per heavy atom. The zero-order chi connectivity index (χ0) is 43.6. The average molecular weight is 878 g/mol. The molecule has 55 heavy (non-hydrogen) atoms. The van der Waals surface area contributed by atoms with Gasteiger partial charge in [0.15, 0.2) is 24.5 Å². The van der Waals surface area contributed by atoms with E-state index in [0.717, 1.165) is 0 Å². The molecule has 0 unspecified atom stereocenters. The smallest absolute Gasteiger partial charge is 0.394 e. The number of guanidine groups is 2. The van der Waals surface area contributed by atoms with E-state index in [0.29, 0.717) is 0 Å². The minimum absolute atomic E-state index is 0.493. The number of nitrogens with two attached hydrogens (primary N) is 4. The zero-order valence-corrected chi connectivity index (χ0v) is 30.7. The van der Waals surface area contributed by atoms with E-state index in [1.807, 2.05) is 0 Å². The van der Waals surface area contributed by atoms with E-state index in [-0.39, 0.29) is 0 Å². The van der Waals surface area contributed by atoms with Crippen LogP contribution < -0.4 is 28.3 Å². The average Bonchev–Trinajstić information content (AvgIpc) is 3.23. The van der Waals surface area contributed by atoms with E-state index in [9.17, 15) is 40.9 Å². The number of hydrogen-bond donors (Lipinski definition) is 19. The van der Waals surface area contributed by atoms with Gasteiger partial charge in [0.1, 0.15) is 66.5 Å². The predicted molar refractivity (Wildman–Crippen MR) is 176 cm³/mol. The minimum atomic E-state index is -4.67. The van der Waals surface area contributed by atoms with Gasteiger partial charge in [-0.2, -0.15) is 25.3 Å². The van der Waals surface area contributed by atoms with Crippen LogP contribution in [0.2, 0.25) is 0 Å². The van der Waals surface area contributed by atoms with Crippen LogP contribution in [-0.4, -0.2) is 217 Å². The molecule has 1 saturated carbocycles. The SMILES string of the molecule is CN[C@@H]1[C@H](O[C@H]2[C@H](O[C@@H]3[C@@H](O)[C@H](O)[C@@H](N=C(N)N)[C@H](O)[C@H]3N=C(N)N)O[C@@H](C)[C@]2(O)CO)O[C@@H](CO)[C@H](O)[C@H]1O.O=S(=O)(O)O.O=S(=O)(O)O.O=S(=O)(O)O. The number of hydrogen-bond acceptors (Lipinski definition) is 21. The second-order valence-corrected chi connectivity index (χ2v) is 14.1. The van der Waals surface area contributed by atoms with Gasteiger partial charge in [-0.15, -0.1) is 0 Å². The van der Waals surface area contributed by atoms with Crippen molar-refractivity contribution in [2.24, 2.45) is 32.9 Å². The van der Waals surface area contributed by atoms with Gasteiger partial charge in [0, 0.05) is 0 Å². The van der Waals surface area contributed by atoms with Crippen molar-refractivity contribution in [2.45, 2.75) is 98.2 Å². The fourth-order valence-corrected chi connectivity index (χ4v) is 5.17. The Kier molecular flexibility index (Phi) is 20.5. The molecule has 3 rings (SSSR count). The van der Waals surface area contributed by atoms with Crippen LogP contribution in [-0.2, 0) is 50.1 Å². The molecule has 1 aliphatic carbocycles. The van der Waals surface area contributed by atoms with Crippen molar-refractivity contribution < 1.29 is 112 Å². The van der Waals surface area contributed by atoms with E-state index in [4.69, 9.17) is 94.5 Å². The number of aliphatic hydroxyl groups excluding tert-OH is 7. The van der Waals surface area contributed by atoms with Gasteiger partial charge in [0.05, 0.1) is 25.4 Å². The van der Waals surface area contributed by atoms with Crippen molar-refractivity contribution in [3.05, 3.63) is 0 Å². The van der Waals surface area contributed by atoms with Crippen LogP contribution in [0, 0.1) is 0 Å². The number of nitrogens with zero attached hydrogens (tertiary/aromatic N) is 2. The molecule has 0 spiro atoms. The third-order valence-corrected chi connectivity index (χ3v) is 7.49. The Bertz CT molecular complexity index is 1490. The summed E-state index contributed by atoms with van der Waals surface area (Å²) >= 11 is 0. The molecule has 0 bridgehead atoms. The number of likely N-dealkylation sites (N-methyl/N-ethyl adjacent to an activating group) is 1. The molecule has 2 heterocycles. The summed E-state index contributed by atoms with van der Waals surface area (Å²) in [5.74, 6) is -1.01. The molecule has 15 atom stereocenters. The van der Waals surface area contributed by atoms with E-state index < -0.39 is 148 Å². The van der Waals surface area contributed by atoms with Gasteiger partial charge in [-0.05, 0) is 14.0 Å². The van der Waals surface area contributed by atoms with Crippen LogP contribution in [0.3, 0.4) is 0 Å². The van der Waals surface area contributed by atoms with E-state index in [1.54, 1.807) is 0 Å². The van der Waals surface area contributed by atoms with Crippen molar-refractivity contribution in [2.75, 3.05) is 20.3 Å². The van der Waals surface area contributed by atoms with Gasteiger partial charge in [-0.3, -0.25) is 27.3 Å². The number of ether oxygens (including phenoxy) is 4. The van der Waals surface area contributed by atoms with Crippen molar-refractivity contribution in [3.8, 4) is 0 Å². The van der Waals surface area contributed by atoms with Gasteiger partial charge in [0.2, 0.25) is 0 Å². The first-order valence-electron chi connectivity index (χ1n) is 14.6. The molecule has 34 heteroatoms. The maximum atomic E-state index is 11.3. The summed E-state index contributed by atoms with van der Waals surface area (Å²) < 4.78 is 118. The Morgan fingerprint density at radius 3 is 1.51 bits per heavy atom. The molecule has 0 radical (unpaired) electrons. The predicted octanol–water partition coefficient (Wildman–Crippen LogP) is -10.3. The van der Waals surface area contributed by atoms with Crippen LogP contribution in [0.15, 0.2) is 9.98 Å². The lowest BCUT2D eigenvalue weighted by molar-refractivity contribution is -0.317. The molecule has 0 aromatic heterocycles. The van der Waals surface area contributed by atoms with E-state index in [1.165, 1.54) is 14.0 Å². The van der Waals surface area contributed by atoms with Crippen LogP contribution in [0.25, 0.3) is 0 Å². The molecule has 3 aliphatic rings. The van der Waals surface area contributed by atoms with Crippen LogP contribution >= 0.6 is 0 Å². The molecular weight excluding hydrogens is 830 g/mol. The summed E-state index contributed by atoms with van der Waals surface area (Å²) in [7, 11) is -12.6. The van der Waals surface area contributed by atoms with Gasteiger partial charge in [-0.1, -0.05) is 0 Å². The molecule has 0 aromatic rings. The highest BCUT2D eigenvalue weighted by molar-refractivity contribution is 7.80.